The second-order valence-electron chi connectivity index (χ2n) is 5.12. The van der Waals surface area contributed by atoms with Crippen LogP contribution in [0.3, 0.4) is 0 Å². The van der Waals surface area contributed by atoms with Crippen LogP contribution in [0.2, 0.25) is 5.02 Å². The molecule has 0 heterocycles. The van der Waals surface area contributed by atoms with Crippen LogP contribution >= 0.6 is 11.6 Å². The van der Waals surface area contributed by atoms with Gasteiger partial charge < -0.3 is 24.3 Å². The maximum absolute atomic E-state index is 11.8. The predicted octanol–water partition coefficient (Wildman–Crippen LogP) is 3.78. The third-order valence-corrected chi connectivity index (χ3v) is 3.66. The zero-order valence-corrected chi connectivity index (χ0v) is 15.7. The van der Waals surface area contributed by atoms with Crippen LogP contribution in [0.25, 0.3) is 0 Å². The van der Waals surface area contributed by atoms with Gasteiger partial charge in [0, 0.05) is 5.69 Å². The lowest BCUT2D eigenvalue weighted by molar-refractivity contribution is -0.138. The molecule has 0 unspecified atom stereocenters. The van der Waals surface area contributed by atoms with Gasteiger partial charge in [0.05, 0.1) is 32.4 Å². The largest absolute Gasteiger partial charge is 0.497 e. The molecule has 0 aliphatic rings. The van der Waals surface area contributed by atoms with Crippen LogP contribution in [-0.2, 0) is 19.1 Å². The Kier molecular flexibility index (Phi) is 7.08. The summed E-state index contributed by atoms with van der Waals surface area (Å²) in [5.41, 5.74) is 0.367. The molecule has 2 aromatic carbocycles. The van der Waals surface area contributed by atoms with E-state index < -0.39 is 11.9 Å². The molecule has 7 nitrogen and oxygen atoms in total. The zero-order valence-electron chi connectivity index (χ0n) is 14.9. The average Bonchev–Trinajstić information content (AvgIpc) is 2.69. The standard InChI is InChI=1S/C19H18ClNO6/c1-24-13-5-7-14(8-6-13)27-17-9-4-12(10-15(17)20)21-16(19(23)26-3)11-18(22)25-2/h4-11,21H,1-3H3/b16-11+. The third-order valence-electron chi connectivity index (χ3n) is 3.37. The second kappa shape index (κ2) is 9.49. The van der Waals surface area contributed by atoms with Crippen molar-refractivity contribution in [1.29, 1.82) is 0 Å². The van der Waals surface area contributed by atoms with Crippen molar-refractivity contribution in [1.82, 2.24) is 0 Å². The molecule has 0 amide bonds. The van der Waals surface area contributed by atoms with E-state index in [1.807, 2.05) is 0 Å². The Morgan fingerprint density at radius 2 is 1.63 bits per heavy atom. The minimum atomic E-state index is -0.727. The van der Waals surface area contributed by atoms with Crippen molar-refractivity contribution in [3.8, 4) is 17.2 Å². The summed E-state index contributed by atoms with van der Waals surface area (Å²) in [6, 6.07) is 11.8. The highest BCUT2D eigenvalue weighted by Crippen LogP contribution is 2.32. The Labute approximate surface area is 161 Å². The van der Waals surface area contributed by atoms with E-state index in [1.54, 1.807) is 49.6 Å². The number of esters is 2. The summed E-state index contributed by atoms with van der Waals surface area (Å²) in [5.74, 6) is 0.285. The van der Waals surface area contributed by atoms with Gasteiger partial charge in [-0.05, 0) is 42.5 Å². The molecule has 0 atom stereocenters. The second-order valence-corrected chi connectivity index (χ2v) is 5.53. The van der Waals surface area contributed by atoms with Gasteiger partial charge in [0.2, 0.25) is 0 Å². The molecule has 0 aliphatic carbocycles. The minimum absolute atomic E-state index is 0.0933. The van der Waals surface area contributed by atoms with E-state index in [4.69, 9.17) is 21.1 Å². The fourth-order valence-electron chi connectivity index (χ4n) is 2.02. The van der Waals surface area contributed by atoms with Crippen molar-refractivity contribution in [3.05, 3.63) is 59.3 Å². The molecule has 0 bridgehead atoms. The number of hydrogen-bond donors (Lipinski definition) is 1. The summed E-state index contributed by atoms with van der Waals surface area (Å²) in [4.78, 5) is 23.2. The Bertz CT molecular complexity index is 848. The van der Waals surface area contributed by atoms with Crippen LogP contribution in [-0.4, -0.2) is 33.3 Å². The molecule has 2 rings (SSSR count). The first-order chi connectivity index (χ1) is 13.0. The summed E-state index contributed by atoms with van der Waals surface area (Å²) >= 11 is 6.25. The molecule has 142 valence electrons. The van der Waals surface area contributed by atoms with E-state index in [-0.39, 0.29) is 5.70 Å². The lowest BCUT2D eigenvalue weighted by atomic mass is 10.2. The summed E-state index contributed by atoms with van der Waals surface area (Å²) < 4.78 is 20.0. The number of nitrogens with one attached hydrogen (secondary N) is 1. The highest BCUT2D eigenvalue weighted by molar-refractivity contribution is 6.32. The Morgan fingerprint density at radius 3 is 2.19 bits per heavy atom. The van der Waals surface area contributed by atoms with E-state index in [0.717, 1.165) is 6.08 Å². The predicted molar refractivity (Wildman–Crippen MR) is 100 cm³/mol. The van der Waals surface area contributed by atoms with Crippen LogP contribution in [0, 0.1) is 0 Å². The molecular formula is C19H18ClNO6. The lowest BCUT2D eigenvalue weighted by Crippen LogP contribution is -2.15. The topological polar surface area (TPSA) is 83.1 Å². The Hall–Kier alpha value is -3.19. The summed E-state index contributed by atoms with van der Waals surface area (Å²) in [6.07, 6.45) is 0.988. The van der Waals surface area contributed by atoms with Crippen molar-refractivity contribution in [3.63, 3.8) is 0 Å². The number of methoxy groups -OCH3 is 3. The van der Waals surface area contributed by atoms with Gasteiger partial charge in [-0.1, -0.05) is 11.6 Å². The summed E-state index contributed by atoms with van der Waals surface area (Å²) in [5, 5.41) is 3.07. The van der Waals surface area contributed by atoms with Crippen LogP contribution < -0.4 is 14.8 Å². The molecule has 0 saturated carbocycles. The van der Waals surface area contributed by atoms with Crippen molar-refractivity contribution in [2.45, 2.75) is 0 Å². The van der Waals surface area contributed by atoms with Crippen molar-refractivity contribution < 1.29 is 28.5 Å². The van der Waals surface area contributed by atoms with Gasteiger partial charge in [0.15, 0.2) is 0 Å². The van der Waals surface area contributed by atoms with Crippen LogP contribution in [0.4, 0.5) is 5.69 Å². The van der Waals surface area contributed by atoms with Crippen LogP contribution in [0.5, 0.6) is 17.2 Å². The molecule has 0 aromatic heterocycles. The molecule has 0 saturated heterocycles. The smallest absolute Gasteiger partial charge is 0.354 e. The SMILES string of the molecule is COC(=O)/C=C(/Nc1ccc(Oc2ccc(OC)cc2)c(Cl)c1)C(=O)OC. The number of anilines is 1. The molecule has 0 spiro atoms. The van der Waals surface area contributed by atoms with Gasteiger partial charge in [-0.2, -0.15) is 0 Å². The Morgan fingerprint density at radius 1 is 0.963 bits per heavy atom. The van der Waals surface area contributed by atoms with Gasteiger partial charge in [0.1, 0.15) is 22.9 Å². The molecule has 8 heteroatoms. The van der Waals surface area contributed by atoms with Gasteiger partial charge >= 0.3 is 11.9 Å². The molecule has 0 aliphatic heterocycles. The van der Waals surface area contributed by atoms with Gasteiger partial charge in [-0.25, -0.2) is 9.59 Å². The first-order valence-corrected chi connectivity index (χ1v) is 8.11. The first-order valence-electron chi connectivity index (χ1n) is 7.73. The van der Waals surface area contributed by atoms with E-state index in [9.17, 15) is 9.59 Å². The van der Waals surface area contributed by atoms with Crippen molar-refractivity contribution in [2.24, 2.45) is 0 Å². The van der Waals surface area contributed by atoms with Crippen molar-refractivity contribution >= 4 is 29.2 Å². The molecule has 2 aromatic rings. The van der Waals surface area contributed by atoms with Crippen molar-refractivity contribution in [2.75, 3.05) is 26.6 Å². The average molecular weight is 392 g/mol. The van der Waals surface area contributed by atoms with Gasteiger partial charge in [0.25, 0.3) is 0 Å². The number of halogens is 1. The quantitative estimate of drug-likeness (QED) is 0.568. The number of hydrogen-bond acceptors (Lipinski definition) is 7. The minimum Gasteiger partial charge on any atom is -0.497 e. The van der Waals surface area contributed by atoms with E-state index in [1.165, 1.54) is 14.2 Å². The Balaban J connectivity index is 2.17. The molecular weight excluding hydrogens is 374 g/mol. The lowest BCUT2D eigenvalue weighted by Gasteiger charge is -2.12. The monoisotopic (exact) mass is 391 g/mol. The molecule has 1 N–H and O–H groups in total. The molecule has 0 fully saturated rings. The normalized spacial score (nSPS) is 10.7. The first kappa shape index (κ1) is 20.1. The van der Waals surface area contributed by atoms with Crippen LogP contribution in [0.15, 0.2) is 54.2 Å². The number of ether oxygens (including phenoxy) is 4. The fraction of sp³-hybridized carbons (Fsp3) is 0.158. The van der Waals surface area contributed by atoms with E-state index in [2.05, 4.69) is 14.8 Å². The third kappa shape index (κ3) is 5.65. The summed E-state index contributed by atoms with van der Waals surface area (Å²) in [7, 11) is 3.99. The number of benzene rings is 2. The summed E-state index contributed by atoms with van der Waals surface area (Å²) in [6.45, 7) is 0. The van der Waals surface area contributed by atoms with E-state index in [0.29, 0.717) is 28.0 Å². The van der Waals surface area contributed by atoms with Gasteiger partial charge in [-0.15, -0.1) is 0 Å². The van der Waals surface area contributed by atoms with Gasteiger partial charge in [-0.3, -0.25) is 0 Å². The highest BCUT2D eigenvalue weighted by atomic mass is 35.5. The number of carbonyl (C=O) groups excluding carboxylic acids is 2. The van der Waals surface area contributed by atoms with Crippen LogP contribution in [0.1, 0.15) is 0 Å². The maximum Gasteiger partial charge on any atom is 0.354 e. The maximum atomic E-state index is 11.8. The van der Waals surface area contributed by atoms with E-state index >= 15 is 0 Å². The number of rotatable bonds is 7. The molecule has 27 heavy (non-hydrogen) atoms. The molecule has 0 radical (unpaired) electrons. The highest BCUT2D eigenvalue weighted by Gasteiger charge is 2.14. The fourth-order valence-corrected chi connectivity index (χ4v) is 2.24. The number of carbonyl (C=O) groups is 2. The zero-order chi connectivity index (χ0) is 19.8.